The van der Waals surface area contributed by atoms with E-state index in [9.17, 15) is 9.59 Å². The van der Waals surface area contributed by atoms with Crippen LogP contribution in [-0.4, -0.2) is 50.1 Å². The molecule has 200 valence electrons. The number of rotatable bonds is 5. The highest BCUT2D eigenvalue weighted by atomic mass is 35.5. The zero-order valence-electron chi connectivity index (χ0n) is 21.7. The van der Waals surface area contributed by atoms with Crippen molar-refractivity contribution in [3.8, 4) is 11.4 Å². The van der Waals surface area contributed by atoms with Gasteiger partial charge in [-0.2, -0.15) is 0 Å². The number of primary amides is 1. The Morgan fingerprint density at radius 1 is 1.18 bits per heavy atom. The lowest BCUT2D eigenvalue weighted by Crippen LogP contribution is -2.56. The largest absolute Gasteiger partial charge is 0.443 e. The van der Waals surface area contributed by atoms with Gasteiger partial charge in [-0.3, -0.25) is 9.78 Å². The quantitative estimate of drug-likeness (QED) is 0.430. The smallest absolute Gasteiger partial charge is 0.405 e. The number of carbonyl (C=O) groups is 2. The first-order valence-electron chi connectivity index (χ1n) is 12.1. The lowest BCUT2D eigenvalue weighted by atomic mass is 9.75. The molecule has 0 aliphatic carbocycles. The lowest BCUT2D eigenvalue weighted by Gasteiger charge is -2.50. The summed E-state index contributed by atoms with van der Waals surface area (Å²) >= 11 is 6.25. The van der Waals surface area contributed by atoms with E-state index in [-0.39, 0.29) is 23.0 Å². The average molecular weight is 539 g/mol. The van der Waals surface area contributed by atoms with Crippen LogP contribution in [0.25, 0.3) is 11.4 Å². The van der Waals surface area contributed by atoms with E-state index >= 15 is 0 Å². The zero-order chi connectivity index (χ0) is 27.7. The fraction of sp³-hybridized carbons (Fsp3) is 0.385. The Bertz CT molecular complexity index is 1360. The number of halogens is 1. The maximum Gasteiger partial charge on any atom is 0.405 e. The molecule has 4 heterocycles. The Kier molecular flexibility index (Phi) is 7.41. The molecule has 12 heteroatoms. The van der Waals surface area contributed by atoms with Gasteiger partial charge >= 0.3 is 6.09 Å². The predicted molar refractivity (Wildman–Crippen MR) is 146 cm³/mol. The van der Waals surface area contributed by atoms with Crippen molar-refractivity contribution in [2.75, 3.05) is 22.5 Å². The molecule has 1 fully saturated rings. The summed E-state index contributed by atoms with van der Waals surface area (Å²) in [6.45, 7) is 8.78. The number of aromatic nitrogens is 4. The monoisotopic (exact) mass is 538 g/mol. The van der Waals surface area contributed by atoms with Crippen LogP contribution in [0.5, 0.6) is 0 Å². The first-order valence-corrected chi connectivity index (χ1v) is 12.5. The molecule has 0 bridgehead atoms. The van der Waals surface area contributed by atoms with Crippen molar-refractivity contribution >= 4 is 40.9 Å². The van der Waals surface area contributed by atoms with Crippen LogP contribution in [0, 0.1) is 5.41 Å². The van der Waals surface area contributed by atoms with Crippen LogP contribution in [0.15, 0.2) is 42.9 Å². The Balaban J connectivity index is 1.65. The fourth-order valence-corrected chi connectivity index (χ4v) is 4.90. The van der Waals surface area contributed by atoms with Crippen LogP contribution >= 0.6 is 11.6 Å². The molecule has 38 heavy (non-hydrogen) atoms. The summed E-state index contributed by atoms with van der Waals surface area (Å²) in [5.74, 6) is -0.274. The van der Waals surface area contributed by atoms with Gasteiger partial charge in [0, 0.05) is 37.8 Å². The molecule has 5 N–H and O–H groups in total. The minimum atomic E-state index is -0.796. The molecule has 2 unspecified atom stereocenters. The minimum absolute atomic E-state index is 0.0410. The molecule has 0 saturated carbocycles. The minimum Gasteiger partial charge on any atom is -0.443 e. The van der Waals surface area contributed by atoms with Crippen molar-refractivity contribution in [2.24, 2.45) is 11.1 Å². The van der Waals surface area contributed by atoms with Crippen molar-refractivity contribution in [1.82, 2.24) is 19.9 Å². The molecule has 2 amide bonds. The van der Waals surface area contributed by atoms with Gasteiger partial charge in [0.25, 0.3) is 5.91 Å². The number of hydrogen-bond donors (Lipinski definition) is 3. The molecule has 0 aromatic carbocycles. The van der Waals surface area contributed by atoms with Gasteiger partial charge in [-0.25, -0.2) is 19.7 Å². The lowest BCUT2D eigenvalue weighted by molar-refractivity contribution is -0.00932. The van der Waals surface area contributed by atoms with Crippen molar-refractivity contribution in [2.45, 2.75) is 52.2 Å². The summed E-state index contributed by atoms with van der Waals surface area (Å²) in [7, 11) is 0. The molecular formula is C26H31ClN8O3. The summed E-state index contributed by atoms with van der Waals surface area (Å²) in [5.41, 5.74) is 11.8. The van der Waals surface area contributed by atoms with Crippen LogP contribution in [0.2, 0.25) is 5.02 Å². The maximum atomic E-state index is 13.4. The van der Waals surface area contributed by atoms with Crippen LogP contribution in [-0.2, 0) is 4.74 Å². The van der Waals surface area contributed by atoms with Crippen molar-refractivity contribution in [3.63, 3.8) is 0 Å². The Morgan fingerprint density at radius 2 is 1.89 bits per heavy atom. The van der Waals surface area contributed by atoms with Crippen molar-refractivity contribution in [1.29, 1.82) is 0 Å². The number of carbonyl (C=O) groups excluding carboxylic acids is 2. The number of nitrogens with zero attached hydrogens (tertiary/aromatic N) is 5. The number of nitrogens with one attached hydrogen (secondary N) is 1. The van der Waals surface area contributed by atoms with E-state index in [0.29, 0.717) is 41.6 Å². The number of amides is 2. The average Bonchev–Trinajstić information content (AvgIpc) is 2.84. The van der Waals surface area contributed by atoms with E-state index in [2.05, 4.69) is 50.9 Å². The second-order valence-electron chi connectivity index (χ2n) is 10.5. The van der Waals surface area contributed by atoms with Gasteiger partial charge in [-0.1, -0.05) is 32.4 Å². The first kappa shape index (κ1) is 27.1. The first-order chi connectivity index (χ1) is 17.9. The van der Waals surface area contributed by atoms with Crippen molar-refractivity contribution in [3.05, 3.63) is 53.6 Å². The van der Waals surface area contributed by atoms with Gasteiger partial charge in [0.15, 0.2) is 17.3 Å². The summed E-state index contributed by atoms with van der Waals surface area (Å²) in [6.07, 6.45) is 4.88. The van der Waals surface area contributed by atoms with E-state index in [1.807, 2.05) is 13.0 Å². The van der Waals surface area contributed by atoms with E-state index in [1.165, 1.54) is 6.20 Å². The summed E-state index contributed by atoms with van der Waals surface area (Å²) in [4.78, 5) is 44.3. The number of nitrogen functional groups attached to an aromatic ring is 1. The van der Waals surface area contributed by atoms with Crippen LogP contribution in [0.1, 0.15) is 51.0 Å². The highest BCUT2D eigenvalue weighted by Crippen LogP contribution is 2.42. The number of ether oxygens (including phenoxy) is 1. The number of pyridine rings is 2. The third-order valence-corrected chi connectivity index (χ3v) is 6.88. The Labute approximate surface area is 226 Å². The second-order valence-corrected chi connectivity index (χ2v) is 11.0. The van der Waals surface area contributed by atoms with E-state index in [1.54, 1.807) is 30.6 Å². The normalized spacial score (nSPS) is 19.6. The fourth-order valence-electron chi connectivity index (χ4n) is 4.68. The molecule has 3 aromatic rings. The van der Waals surface area contributed by atoms with Crippen LogP contribution in [0.4, 0.5) is 22.1 Å². The Hall–Kier alpha value is -3.99. The zero-order valence-corrected chi connectivity index (χ0v) is 22.5. The number of anilines is 3. The number of piperidine rings is 1. The van der Waals surface area contributed by atoms with E-state index < -0.39 is 17.6 Å². The molecule has 11 nitrogen and oxygen atoms in total. The van der Waals surface area contributed by atoms with Crippen molar-refractivity contribution < 1.29 is 14.3 Å². The third kappa shape index (κ3) is 5.77. The predicted octanol–water partition coefficient (Wildman–Crippen LogP) is 4.29. The standard InChI is InChI=1S/C26H31ClN8O3/c1-25(2,3)18-13-26(4,38-24(29)37)9-12-35(18)17-8-6-11-31-22(17)34-23(36)20-21(28)32-14-16(33-20)19-15(27)7-5-10-30-19/h5-8,10-11,14,18H,9,12-13H2,1-4H3,(H2,28,32)(H2,29,37)(H,31,34,36). The molecule has 1 saturated heterocycles. The molecule has 1 aliphatic rings. The van der Waals surface area contributed by atoms with Gasteiger partial charge in [0.05, 0.1) is 16.9 Å². The SMILES string of the molecule is CC1(OC(N)=O)CCN(c2cccnc2NC(=O)c2nc(-c3ncccc3Cl)cnc2N)C(C(C)(C)C)C1. The molecule has 1 aliphatic heterocycles. The molecule has 4 rings (SSSR count). The summed E-state index contributed by atoms with van der Waals surface area (Å²) in [5, 5.41) is 3.22. The van der Waals surface area contributed by atoms with Crippen LogP contribution in [0.3, 0.4) is 0 Å². The maximum absolute atomic E-state index is 13.4. The van der Waals surface area contributed by atoms with Gasteiger partial charge in [-0.15, -0.1) is 0 Å². The van der Waals surface area contributed by atoms with Crippen LogP contribution < -0.4 is 21.7 Å². The van der Waals surface area contributed by atoms with Gasteiger partial charge in [0.2, 0.25) is 0 Å². The van der Waals surface area contributed by atoms with E-state index in [0.717, 1.165) is 5.69 Å². The van der Waals surface area contributed by atoms with Gasteiger partial charge < -0.3 is 26.4 Å². The number of nitrogens with two attached hydrogens (primary N) is 2. The highest BCUT2D eigenvalue weighted by Gasteiger charge is 2.44. The highest BCUT2D eigenvalue weighted by molar-refractivity contribution is 6.32. The second kappa shape index (κ2) is 10.4. The van der Waals surface area contributed by atoms with Gasteiger partial charge in [-0.05, 0) is 36.6 Å². The third-order valence-electron chi connectivity index (χ3n) is 6.57. The molecule has 0 spiro atoms. The Morgan fingerprint density at radius 3 is 2.58 bits per heavy atom. The topological polar surface area (TPSA) is 162 Å². The summed E-state index contributed by atoms with van der Waals surface area (Å²) in [6, 6.07) is 7.00. The van der Waals surface area contributed by atoms with E-state index in [4.69, 9.17) is 27.8 Å². The van der Waals surface area contributed by atoms with Gasteiger partial charge in [0.1, 0.15) is 17.0 Å². The molecule has 2 atom stereocenters. The number of hydrogen-bond acceptors (Lipinski definition) is 9. The molecule has 3 aromatic heterocycles. The molecular weight excluding hydrogens is 508 g/mol. The summed E-state index contributed by atoms with van der Waals surface area (Å²) < 4.78 is 5.49. The molecule has 0 radical (unpaired) electrons.